The molecule has 6 aromatic rings. The molecular formula is C28H26Cl2SiZr-4. The molecule has 32 heavy (non-hydrogen) atoms. The summed E-state index contributed by atoms with van der Waals surface area (Å²) in [4.78, 5) is 0. The molecule has 0 saturated carbocycles. The summed E-state index contributed by atoms with van der Waals surface area (Å²) in [6.07, 6.45) is 0. The van der Waals surface area contributed by atoms with E-state index in [0.717, 1.165) is 0 Å². The van der Waals surface area contributed by atoms with Crippen LogP contribution in [0.3, 0.4) is 0 Å². The number of halogens is 2. The topological polar surface area (TPSA) is 0 Å². The summed E-state index contributed by atoms with van der Waals surface area (Å²) < 4.78 is 0. The van der Waals surface area contributed by atoms with Crippen LogP contribution in [0, 0.1) is 14.9 Å². The summed E-state index contributed by atoms with van der Waals surface area (Å²) in [5.74, 6) is 0. The van der Waals surface area contributed by atoms with Crippen LogP contribution in [-0.2, 0) is 23.3 Å². The van der Waals surface area contributed by atoms with Gasteiger partial charge >= 0.3 is 30.2 Å². The standard InChI is InChI=1S/2C13H9.2CH3.2ClH.Si.Zr/c2*1-3-7-12-10(5-1)9-11-6-2-4-8-13(11)12;;;;;;/h2*1-9H;2*1H3;2*1H;;/q4*-1;;;;. The Morgan fingerprint density at radius 2 is 0.594 bits per heavy atom. The van der Waals surface area contributed by atoms with E-state index in [1.807, 2.05) is 0 Å². The first kappa shape index (κ1) is 30.3. The van der Waals surface area contributed by atoms with E-state index >= 15 is 0 Å². The Labute approximate surface area is 220 Å². The van der Waals surface area contributed by atoms with E-state index in [0.29, 0.717) is 0 Å². The van der Waals surface area contributed by atoms with Crippen LogP contribution in [0.15, 0.2) is 109 Å². The van der Waals surface area contributed by atoms with E-state index in [2.05, 4.69) is 116 Å². The van der Waals surface area contributed by atoms with Gasteiger partial charge in [0.25, 0.3) is 0 Å². The molecule has 0 bridgehead atoms. The zero-order valence-corrected chi connectivity index (χ0v) is 23.3. The minimum Gasteiger partial charge on any atom is -0.126 e. The fourth-order valence-corrected chi connectivity index (χ4v) is 3.81. The van der Waals surface area contributed by atoms with Crippen molar-refractivity contribution in [1.29, 1.82) is 0 Å². The molecule has 6 rings (SSSR count). The summed E-state index contributed by atoms with van der Waals surface area (Å²) in [7, 11) is 0. The van der Waals surface area contributed by atoms with Gasteiger partial charge in [0.2, 0.25) is 0 Å². The van der Waals surface area contributed by atoms with Crippen molar-refractivity contribution < 1.29 is 23.3 Å². The van der Waals surface area contributed by atoms with Crippen LogP contribution >= 0.6 is 24.8 Å². The molecule has 0 amide bonds. The third-order valence-electron chi connectivity index (χ3n) is 5.05. The van der Waals surface area contributed by atoms with Crippen LogP contribution in [0.1, 0.15) is 0 Å². The minimum absolute atomic E-state index is 0. The molecule has 0 N–H and O–H groups in total. The van der Waals surface area contributed by atoms with Gasteiger partial charge in [-0.3, -0.25) is 0 Å². The Kier molecular flexibility index (Phi) is 13.7. The SMILES string of the molecule is Cl.Cl.[CH3-].[CH3-].[Si]=[Zr].c1ccc2c(c1)[cH-]c1ccccc12.c1ccc2c(c1)[cH-]c1ccccc12. The molecule has 0 saturated heterocycles. The fraction of sp³-hybridized carbons (Fsp3) is 0. The summed E-state index contributed by atoms with van der Waals surface area (Å²) in [5, 5.41) is 10.8. The van der Waals surface area contributed by atoms with Gasteiger partial charge in [-0.05, 0) is 0 Å². The number of hydrogen-bond acceptors (Lipinski definition) is 0. The van der Waals surface area contributed by atoms with Gasteiger partial charge in [-0.15, -0.1) is 104 Å². The van der Waals surface area contributed by atoms with E-state index in [1.165, 1.54) is 66.4 Å². The summed E-state index contributed by atoms with van der Waals surface area (Å²) in [6.45, 7) is 3.06. The molecule has 0 atom stereocenters. The summed E-state index contributed by atoms with van der Waals surface area (Å²) in [6, 6.07) is 38.5. The van der Waals surface area contributed by atoms with Gasteiger partial charge in [0.05, 0.1) is 0 Å². The Morgan fingerprint density at radius 3 is 0.812 bits per heavy atom. The summed E-state index contributed by atoms with van der Waals surface area (Å²) in [5.41, 5.74) is 0. The van der Waals surface area contributed by atoms with Crippen LogP contribution in [0.4, 0.5) is 0 Å². The maximum Gasteiger partial charge on any atom is -0.0771 e. The van der Waals surface area contributed by atoms with E-state index in [4.69, 9.17) is 0 Å². The van der Waals surface area contributed by atoms with E-state index in [-0.39, 0.29) is 39.7 Å². The third kappa shape index (κ3) is 6.21. The maximum absolute atomic E-state index is 3.06. The zero-order chi connectivity index (χ0) is 19.3. The normalized spacial score (nSPS) is 9.09. The van der Waals surface area contributed by atoms with E-state index in [1.54, 1.807) is 0 Å². The Balaban J connectivity index is 0.000000500. The van der Waals surface area contributed by atoms with Crippen molar-refractivity contribution in [2.24, 2.45) is 0 Å². The molecule has 0 aliphatic carbocycles. The molecule has 0 spiro atoms. The first-order valence-electron chi connectivity index (χ1n) is 9.21. The molecule has 0 fully saturated rings. The summed E-state index contributed by atoms with van der Waals surface area (Å²) >= 11 is 1.36. The van der Waals surface area contributed by atoms with Gasteiger partial charge in [0.1, 0.15) is 0 Å². The van der Waals surface area contributed by atoms with Gasteiger partial charge in [0.15, 0.2) is 0 Å². The predicted octanol–water partition coefficient (Wildman–Crippen LogP) is 8.78. The van der Waals surface area contributed by atoms with E-state index < -0.39 is 0 Å². The molecule has 0 heterocycles. The molecule has 0 unspecified atom stereocenters. The molecule has 0 aromatic heterocycles. The van der Waals surface area contributed by atoms with Crippen molar-refractivity contribution in [3.8, 4) is 0 Å². The maximum atomic E-state index is 3.06. The van der Waals surface area contributed by atoms with Crippen molar-refractivity contribution in [3.05, 3.63) is 124 Å². The molecule has 4 heteroatoms. The van der Waals surface area contributed by atoms with Crippen molar-refractivity contribution in [2.75, 3.05) is 0 Å². The van der Waals surface area contributed by atoms with Crippen LogP contribution in [-0.4, -0.2) is 6.88 Å². The van der Waals surface area contributed by atoms with E-state index in [9.17, 15) is 0 Å². The predicted molar refractivity (Wildman–Crippen MR) is 147 cm³/mol. The van der Waals surface area contributed by atoms with Crippen LogP contribution in [0.25, 0.3) is 43.1 Å². The fourth-order valence-electron chi connectivity index (χ4n) is 3.81. The smallest absolute Gasteiger partial charge is 0.0771 e. The van der Waals surface area contributed by atoms with Crippen LogP contribution in [0.2, 0.25) is 0 Å². The Morgan fingerprint density at radius 1 is 0.406 bits per heavy atom. The molecule has 6 aromatic carbocycles. The minimum atomic E-state index is 0. The molecule has 2 radical (unpaired) electrons. The zero-order valence-electron chi connectivity index (χ0n) is 18.2. The average Bonchev–Trinajstić information content (AvgIpc) is 3.34. The van der Waals surface area contributed by atoms with Gasteiger partial charge in [0, 0.05) is 0 Å². The molecule has 0 nitrogen and oxygen atoms in total. The van der Waals surface area contributed by atoms with Crippen molar-refractivity contribution in [3.63, 3.8) is 0 Å². The first-order valence-corrected chi connectivity index (χ1v) is 13.4. The monoisotopic (exact) mass is 550 g/mol. The van der Waals surface area contributed by atoms with Crippen LogP contribution < -0.4 is 0 Å². The second-order valence-electron chi connectivity index (χ2n) is 6.64. The quantitative estimate of drug-likeness (QED) is 0.131. The first-order chi connectivity index (χ1) is 13.9. The Bertz CT molecular complexity index is 1160. The van der Waals surface area contributed by atoms with Gasteiger partial charge in [-0.25, -0.2) is 0 Å². The number of fused-ring (bicyclic) bond motifs is 6. The van der Waals surface area contributed by atoms with Gasteiger partial charge in [-0.1, -0.05) is 72.8 Å². The largest absolute Gasteiger partial charge is 0.126 e. The van der Waals surface area contributed by atoms with Crippen molar-refractivity contribution >= 4 is 74.8 Å². The third-order valence-corrected chi connectivity index (χ3v) is 5.05. The average molecular weight is 553 g/mol. The second-order valence-corrected chi connectivity index (χ2v) is 6.64. The van der Waals surface area contributed by atoms with Crippen molar-refractivity contribution in [2.45, 2.75) is 0 Å². The molecule has 0 aliphatic rings. The van der Waals surface area contributed by atoms with Gasteiger partial charge < -0.3 is 14.9 Å². The number of hydrogen-bond donors (Lipinski definition) is 0. The number of benzene rings is 4. The second kappa shape index (κ2) is 14.4. The van der Waals surface area contributed by atoms with Gasteiger partial charge in [-0.2, -0.15) is 0 Å². The Hall–Kier alpha value is -1.70. The molecular weight excluding hydrogens is 527 g/mol. The number of rotatable bonds is 0. The van der Waals surface area contributed by atoms with Crippen molar-refractivity contribution in [1.82, 2.24) is 0 Å². The van der Waals surface area contributed by atoms with Crippen LogP contribution in [0.5, 0.6) is 0 Å². The molecule has 164 valence electrons. The molecule has 0 aliphatic heterocycles.